The highest BCUT2D eigenvalue weighted by molar-refractivity contribution is 6.18. The van der Waals surface area contributed by atoms with Crippen molar-refractivity contribution in [1.29, 1.82) is 0 Å². The Balaban J connectivity index is 1.94. The van der Waals surface area contributed by atoms with Crippen LogP contribution >= 0.6 is 23.2 Å². The first kappa shape index (κ1) is 18.4. The lowest BCUT2D eigenvalue weighted by atomic mass is 10.1. The minimum atomic E-state index is -0.0682. The second-order valence-electron chi connectivity index (χ2n) is 4.87. The van der Waals surface area contributed by atoms with Crippen LogP contribution in [0.3, 0.4) is 0 Å². The van der Waals surface area contributed by atoms with Crippen molar-refractivity contribution in [2.75, 3.05) is 25.0 Å². The first-order chi connectivity index (χ1) is 11.7. The lowest BCUT2D eigenvalue weighted by Gasteiger charge is -2.04. The van der Waals surface area contributed by atoms with E-state index in [9.17, 15) is 4.79 Å². The van der Waals surface area contributed by atoms with Gasteiger partial charge in [0.25, 0.3) is 0 Å². The van der Waals surface area contributed by atoms with E-state index in [1.54, 1.807) is 36.4 Å². The maximum absolute atomic E-state index is 12.2. The summed E-state index contributed by atoms with van der Waals surface area (Å²) in [6.07, 6.45) is 3.31. The van der Waals surface area contributed by atoms with E-state index in [4.69, 9.17) is 32.7 Å². The number of ether oxygens (including phenoxy) is 2. The Morgan fingerprint density at radius 3 is 1.83 bits per heavy atom. The van der Waals surface area contributed by atoms with Gasteiger partial charge < -0.3 is 9.47 Å². The summed E-state index contributed by atoms with van der Waals surface area (Å²) in [6, 6.07) is 14.5. The number of allylic oxidation sites excluding steroid dienone is 1. The summed E-state index contributed by atoms with van der Waals surface area (Å²) in [7, 11) is 0. The van der Waals surface area contributed by atoms with Gasteiger partial charge in [0, 0.05) is 5.56 Å². The molecule has 0 aliphatic heterocycles. The lowest BCUT2D eigenvalue weighted by Crippen LogP contribution is -1.99. The molecule has 3 nitrogen and oxygen atoms in total. The van der Waals surface area contributed by atoms with Gasteiger partial charge in [0.2, 0.25) is 0 Å². The second kappa shape index (κ2) is 10.0. The largest absolute Gasteiger partial charge is 0.492 e. The summed E-state index contributed by atoms with van der Waals surface area (Å²) in [5.74, 6) is 2.27. The Morgan fingerprint density at radius 2 is 1.33 bits per heavy atom. The minimum Gasteiger partial charge on any atom is -0.492 e. The molecule has 0 heterocycles. The molecule has 2 aromatic carbocycles. The van der Waals surface area contributed by atoms with Gasteiger partial charge in [-0.15, -0.1) is 23.2 Å². The van der Waals surface area contributed by atoms with Crippen LogP contribution in [0.15, 0.2) is 54.6 Å². The van der Waals surface area contributed by atoms with Crippen molar-refractivity contribution >= 4 is 35.1 Å². The van der Waals surface area contributed by atoms with Gasteiger partial charge in [-0.05, 0) is 48.0 Å². The van der Waals surface area contributed by atoms with Gasteiger partial charge in [0.15, 0.2) is 5.78 Å². The van der Waals surface area contributed by atoms with Gasteiger partial charge >= 0.3 is 0 Å². The fourth-order valence-electron chi connectivity index (χ4n) is 1.97. The molecule has 0 radical (unpaired) electrons. The molecule has 5 heteroatoms. The third kappa shape index (κ3) is 5.91. The van der Waals surface area contributed by atoms with Crippen molar-refractivity contribution in [2.24, 2.45) is 0 Å². The van der Waals surface area contributed by atoms with Crippen LogP contribution in [0.1, 0.15) is 15.9 Å². The van der Waals surface area contributed by atoms with Gasteiger partial charge in [-0.25, -0.2) is 0 Å². The summed E-state index contributed by atoms with van der Waals surface area (Å²) in [6.45, 7) is 0.916. The molecule has 126 valence electrons. The van der Waals surface area contributed by atoms with Gasteiger partial charge in [-0.1, -0.05) is 18.2 Å². The van der Waals surface area contributed by atoms with Crippen molar-refractivity contribution < 1.29 is 14.3 Å². The van der Waals surface area contributed by atoms with Crippen LogP contribution in [0.25, 0.3) is 6.08 Å². The third-order valence-electron chi connectivity index (χ3n) is 3.14. The Kier molecular flexibility index (Phi) is 7.66. The van der Waals surface area contributed by atoms with Crippen LogP contribution in [-0.4, -0.2) is 30.8 Å². The number of hydrogen-bond acceptors (Lipinski definition) is 3. The first-order valence-corrected chi connectivity index (χ1v) is 8.60. The predicted octanol–water partition coefficient (Wildman–Crippen LogP) is 4.82. The van der Waals surface area contributed by atoms with Crippen molar-refractivity contribution in [2.45, 2.75) is 0 Å². The number of carbonyl (C=O) groups is 1. The molecule has 0 N–H and O–H groups in total. The number of hydrogen-bond donors (Lipinski definition) is 0. The average molecular weight is 365 g/mol. The van der Waals surface area contributed by atoms with Crippen LogP contribution < -0.4 is 9.47 Å². The standard InChI is InChI=1S/C19H18Cl2O3/c20-11-13-23-17-6-1-15(2-7-17)3-10-19(22)16-4-8-18(9-5-16)24-14-12-21/h1-10H,11-14H2/b10-3+. The highest BCUT2D eigenvalue weighted by atomic mass is 35.5. The molecule has 0 aliphatic carbocycles. The highest BCUT2D eigenvalue weighted by Gasteiger charge is 2.02. The fourth-order valence-corrected chi connectivity index (χ4v) is 2.13. The van der Waals surface area contributed by atoms with Crippen LogP contribution in [-0.2, 0) is 0 Å². The molecule has 2 aromatic rings. The van der Waals surface area contributed by atoms with Gasteiger partial charge in [0.05, 0.1) is 11.8 Å². The van der Waals surface area contributed by atoms with Crippen LogP contribution in [0, 0.1) is 0 Å². The zero-order valence-electron chi connectivity index (χ0n) is 13.1. The molecule has 0 unspecified atom stereocenters. The maximum atomic E-state index is 12.2. The zero-order valence-corrected chi connectivity index (χ0v) is 14.6. The Labute approximate surface area is 151 Å². The summed E-state index contributed by atoms with van der Waals surface area (Å²) in [4.78, 5) is 12.2. The number of halogens is 2. The normalized spacial score (nSPS) is 10.8. The fraction of sp³-hybridized carbons (Fsp3) is 0.211. The summed E-state index contributed by atoms with van der Waals surface area (Å²) < 4.78 is 10.8. The predicted molar refractivity (Wildman–Crippen MR) is 98.7 cm³/mol. The summed E-state index contributed by atoms with van der Waals surface area (Å²) >= 11 is 11.1. The molecule has 0 bridgehead atoms. The summed E-state index contributed by atoms with van der Waals surface area (Å²) in [5, 5.41) is 0. The SMILES string of the molecule is O=C(/C=C/c1ccc(OCCCl)cc1)c1ccc(OCCCl)cc1. The Bertz CT molecular complexity index is 664. The van der Waals surface area contributed by atoms with E-state index >= 15 is 0 Å². The van der Waals surface area contributed by atoms with Gasteiger partial charge in [0.1, 0.15) is 24.7 Å². The van der Waals surface area contributed by atoms with Crippen LogP contribution in [0.5, 0.6) is 11.5 Å². The third-order valence-corrected chi connectivity index (χ3v) is 3.45. The van der Waals surface area contributed by atoms with E-state index in [-0.39, 0.29) is 5.78 Å². The monoisotopic (exact) mass is 364 g/mol. The molecular formula is C19H18Cl2O3. The van der Waals surface area contributed by atoms with E-state index in [0.29, 0.717) is 36.3 Å². The topological polar surface area (TPSA) is 35.5 Å². The molecule has 0 spiro atoms. The first-order valence-electron chi connectivity index (χ1n) is 7.53. The van der Waals surface area contributed by atoms with Crippen LogP contribution in [0.2, 0.25) is 0 Å². The minimum absolute atomic E-state index is 0.0682. The van der Waals surface area contributed by atoms with E-state index in [1.807, 2.05) is 24.3 Å². The molecule has 0 amide bonds. The molecule has 0 aromatic heterocycles. The van der Waals surface area contributed by atoms with E-state index in [2.05, 4.69) is 0 Å². The van der Waals surface area contributed by atoms with Gasteiger partial charge in [-0.2, -0.15) is 0 Å². The van der Waals surface area contributed by atoms with Crippen LogP contribution in [0.4, 0.5) is 0 Å². The number of alkyl halides is 2. The van der Waals surface area contributed by atoms with Crippen molar-refractivity contribution in [3.63, 3.8) is 0 Å². The molecule has 2 rings (SSSR count). The molecule has 24 heavy (non-hydrogen) atoms. The summed E-state index contributed by atoms with van der Waals surface area (Å²) in [5.41, 5.74) is 1.52. The molecule has 0 atom stereocenters. The quantitative estimate of drug-likeness (QED) is 0.363. The molecule has 0 aliphatic rings. The van der Waals surface area contributed by atoms with E-state index in [0.717, 1.165) is 11.3 Å². The Morgan fingerprint density at radius 1 is 0.833 bits per heavy atom. The second-order valence-corrected chi connectivity index (χ2v) is 5.62. The number of benzene rings is 2. The van der Waals surface area contributed by atoms with Crippen molar-refractivity contribution in [1.82, 2.24) is 0 Å². The number of ketones is 1. The number of rotatable bonds is 9. The molecular weight excluding hydrogens is 347 g/mol. The number of carbonyl (C=O) groups excluding carboxylic acids is 1. The van der Waals surface area contributed by atoms with Gasteiger partial charge in [-0.3, -0.25) is 4.79 Å². The van der Waals surface area contributed by atoms with E-state index < -0.39 is 0 Å². The molecule has 0 saturated heterocycles. The zero-order chi connectivity index (χ0) is 17.2. The molecule has 0 saturated carbocycles. The van der Waals surface area contributed by atoms with Crippen molar-refractivity contribution in [3.8, 4) is 11.5 Å². The maximum Gasteiger partial charge on any atom is 0.185 e. The molecule has 0 fully saturated rings. The van der Waals surface area contributed by atoms with E-state index in [1.165, 1.54) is 0 Å². The van der Waals surface area contributed by atoms with Crippen molar-refractivity contribution in [3.05, 3.63) is 65.7 Å². The lowest BCUT2D eigenvalue weighted by molar-refractivity contribution is 0.104. The highest BCUT2D eigenvalue weighted by Crippen LogP contribution is 2.15. The smallest absolute Gasteiger partial charge is 0.185 e. The Hall–Kier alpha value is -1.97. The average Bonchev–Trinajstić information content (AvgIpc) is 2.64.